The molecule has 1 saturated carbocycles. The molecule has 4 aliphatic heterocycles. The number of piperazine rings is 1. The summed E-state index contributed by atoms with van der Waals surface area (Å²) in [5.41, 5.74) is 15.9. The molecular weight excluding hydrogens is 476 g/mol. The van der Waals surface area contributed by atoms with Gasteiger partial charge in [-0.2, -0.15) is 0 Å². The molecule has 5 rings (SSSR count). The Morgan fingerprint density at radius 2 is 2.00 bits per heavy atom. The molecule has 5 aliphatic rings. The molecule has 7 N–H and O–H groups in total. The van der Waals surface area contributed by atoms with Crippen LogP contribution in [0.25, 0.3) is 0 Å². The van der Waals surface area contributed by atoms with Crippen LogP contribution in [0, 0.1) is 11.3 Å². The molecule has 0 aromatic heterocycles. The molecule has 10 heteroatoms. The van der Waals surface area contributed by atoms with Gasteiger partial charge in [0, 0.05) is 64.1 Å². The van der Waals surface area contributed by atoms with Crippen LogP contribution in [0.3, 0.4) is 0 Å². The minimum Gasteiger partial charge on any atom is -0.346 e. The molecule has 36 heavy (non-hydrogen) atoms. The van der Waals surface area contributed by atoms with Gasteiger partial charge in [0.05, 0.1) is 29.3 Å². The van der Waals surface area contributed by atoms with Crippen LogP contribution in [0.2, 0.25) is 0 Å². The van der Waals surface area contributed by atoms with E-state index in [4.69, 9.17) is 23.1 Å². The SMILES string of the molecule is NC(N)C(C(=O)NC1C=NCCC1N1CCN2CCNC2C1)C1CC2(C=C=C(Cl)CN1)CCCCC2. The Morgan fingerprint density at radius 3 is 2.81 bits per heavy atom. The lowest BCUT2D eigenvalue weighted by molar-refractivity contribution is -0.127. The first-order valence-electron chi connectivity index (χ1n) is 13.8. The fourth-order valence-corrected chi connectivity index (χ4v) is 7.14. The summed E-state index contributed by atoms with van der Waals surface area (Å²) in [7, 11) is 0. The number of nitrogens with two attached hydrogens (primary N) is 2. The minimum atomic E-state index is -0.778. The first kappa shape index (κ1) is 26.3. The van der Waals surface area contributed by atoms with Crippen molar-refractivity contribution in [3.8, 4) is 0 Å². The predicted molar refractivity (Wildman–Crippen MR) is 144 cm³/mol. The number of fused-ring (bicyclic) bond motifs is 1. The van der Waals surface area contributed by atoms with Gasteiger partial charge in [-0.05, 0) is 37.2 Å². The maximum absolute atomic E-state index is 13.8. The second kappa shape index (κ2) is 11.6. The van der Waals surface area contributed by atoms with E-state index >= 15 is 0 Å². The molecule has 5 unspecified atom stereocenters. The van der Waals surface area contributed by atoms with Crippen LogP contribution < -0.4 is 27.4 Å². The van der Waals surface area contributed by atoms with Gasteiger partial charge in [-0.3, -0.25) is 24.9 Å². The number of carbonyl (C=O) groups excluding carboxylic acids is 1. The van der Waals surface area contributed by atoms with Crippen molar-refractivity contribution in [2.75, 3.05) is 45.8 Å². The highest BCUT2D eigenvalue weighted by molar-refractivity contribution is 6.29. The zero-order valence-electron chi connectivity index (χ0n) is 21.3. The van der Waals surface area contributed by atoms with Crippen LogP contribution in [0.1, 0.15) is 44.9 Å². The van der Waals surface area contributed by atoms with E-state index in [-0.39, 0.29) is 29.4 Å². The number of nitrogens with one attached hydrogen (secondary N) is 3. The van der Waals surface area contributed by atoms with E-state index in [0.717, 1.165) is 65.0 Å². The Bertz CT molecular complexity index is 881. The van der Waals surface area contributed by atoms with Crippen LogP contribution in [-0.4, -0.2) is 98.2 Å². The van der Waals surface area contributed by atoms with Crippen molar-refractivity contribution in [1.82, 2.24) is 25.8 Å². The number of aliphatic imine (C=N–C) groups is 1. The molecule has 1 aliphatic carbocycles. The summed E-state index contributed by atoms with van der Waals surface area (Å²) < 4.78 is 0. The topological polar surface area (TPSA) is 124 Å². The van der Waals surface area contributed by atoms with Crippen LogP contribution in [-0.2, 0) is 4.79 Å². The van der Waals surface area contributed by atoms with Crippen LogP contribution >= 0.6 is 11.6 Å². The molecule has 0 bridgehead atoms. The second-order valence-electron chi connectivity index (χ2n) is 11.4. The van der Waals surface area contributed by atoms with E-state index in [1.165, 1.54) is 19.3 Å². The molecule has 0 aromatic rings. The van der Waals surface area contributed by atoms with Gasteiger partial charge in [0.25, 0.3) is 0 Å². The summed E-state index contributed by atoms with van der Waals surface area (Å²) in [6, 6.07) is -0.0950. The third-order valence-corrected chi connectivity index (χ3v) is 9.24. The standard InChI is InChI=1S/C26H43ClN8O/c27-18-4-8-26(6-2-1-3-7-26)14-19(32-15-18)23(24(28)29)25(36)33-20-16-30-9-5-21(20)35-13-12-34-11-10-31-22(34)17-35/h8,16,19-24,31-32H,1-3,5-7,9-15,17,28-29H2,(H,33,36). The fraction of sp³-hybridized carbons (Fsp3) is 0.808. The average Bonchev–Trinajstić information content (AvgIpc) is 3.34. The van der Waals surface area contributed by atoms with Gasteiger partial charge in [-0.25, -0.2) is 0 Å². The summed E-state index contributed by atoms with van der Waals surface area (Å²) in [5.74, 6) is -0.664. The predicted octanol–water partition coefficient (Wildman–Crippen LogP) is 0.311. The smallest absolute Gasteiger partial charge is 0.228 e. The Hall–Kier alpha value is -1.29. The Labute approximate surface area is 220 Å². The molecular formula is C26H43ClN8O. The highest BCUT2D eigenvalue weighted by atomic mass is 35.5. The molecule has 9 nitrogen and oxygen atoms in total. The van der Waals surface area contributed by atoms with Gasteiger partial charge >= 0.3 is 0 Å². The number of amides is 1. The zero-order chi connectivity index (χ0) is 25.1. The highest BCUT2D eigenvalue weighted by Gasteiger charge is 2.42. The zero-order valence-corrected chi connectivity index (χ0v) is 22.1. The molecule has 0 aromatic carbocycles. The fourth-order valence-electron chi connectivity index (χ4n) is 7.01. The maximum atomic E-state index is 13.8. The molecule has 200 valence electrons. The first-order valence-corrected chi connectivity index (χ1v) is 14.2. The van der Waals surface area contributed by atoms with E-state index in [9.17, 15) is 4.79 Å². The van der Waals surface area contributed by atoms with Crippen molar-refractivity contribution in [1.29, 1.82) is 0 Å². The van der Waals surface area contributed by atoms with Crippen molar-refractivity contribution in [2.24, 2.45) is 27.8 Å². The van der Waals surface area contributed by atoms with Crippen LogP contribution in [0.15, 0.2) is 21.8 Å². The van der Waals surface area contributed by atoms with Crippen molar-refractivity contribution in [2.45, 2.75) is 75.4 Å². The van der Waals surface area contributed by atoms with E-state index in [1.807, 2.05) is 6.21 Å². The van der Waals surface area contributed by atoms with Gasteiger partial charge in [-0.1, -0.05) is 30.9 Å². The quantitative estimate of drug-likeness (QED) is 0.262. The second-order valence-corrected chi connectivity index (χ2v) is 11.8. The average molecular weight is 519 g/mol. The number of nitrogens with zero attached hydrogens (tertiary/aromatic N) is 3. The molecule has 4 heterocycles. The summed E-state index contributed by atoms with van der Waals surface area (Å²) in [6.07, 6.45) is 11.2. The summed E-state index contributed by atoms with van der Waals surface area (Å²) in [4.78, 5) is 23.4. The Kier molecular flexibility index (Phi) is 8.50. The minimum absolute atomic E-state index is 0.0211. The van der Waals surface area contributed by atoms with Crippen molar-refractivity contribution in [3.63, 3.8) is 0 Å². The molecule has 0 radical (unpaired) electrons. The van der Waals surface area contributed by atoms with Crippen molar-refractivity contribution >= 4 is 23.7 Å². The molecule has 5 atom stereocenters. The Balaban J connectivity index is 1.30. The molecule has 3 fully saturated rings. The summed E-state index contributed by atoms with van der Waals surface area (Å²) in [6.45, 7) is 6.44. The molecule has 2 saturated heterocycles. The van der Waals surface area contributed by atoms with Crippen molar-refractivity contribution in [3.05, 3.63) is 16.8 Å². The van der Waals surface area contributed by atoms with E-state index in [1.54, 1.807) is 0 Å². The normalized spacial score (nSPS) is 34.2. The maximum Gasteiger partial charge on any atom is 0.228 e. The lowest BCUT2D eigenvalue weighted by Crippen LogP contribution is -2.64. The lowest BCUT2D eigenvalue weighted by atomic mass is 9.68. The Morgan fingerprint density at radius 1 is 1.19 bits per heavy atom. The third-order valence-electron chi connectivity index (χ3n) is 9.00. The number of carbonyl (C=O) groups is 1. The van der Waals surface area contributed by atoms with Crippen LogP contribution in [0.4, 0.5) is 0 Å². The summed E-state index contributed by atoms with van der Waals surface area (Å²) >= 11 is 6.44. The number of rotatable bonds is 5. The van der Waals surface area contributed by atoms with Gasteiger partial charge in [0.2, 0.25) is 5.91 Å². The first-order chi connectivity index (χ1) is 17.4. The monoisotopic (exact) mass is 518 g/mol. The van der Waals surface area contributed by atoms with E-state index in [2.05, 4.69) is 42.5 Å². The van der Waals surface area contributed by atoms with E-state index in [0.29, 0.717) is 17.7 Å². The number of hydrogen-bond donors (Lipinski definition) is 5. The largest absolute Gasteiger partial charge is 0.346 e. The van der Waals surface area contributed by atoms with Gasteiger partial charge in [-0.15, -0.1) is 5.73 Å². The highest BCUT2D eigenvalue weighted by Crippen LogP contribution is 2.43. The van der Waals surface area contributed by atoms with Gasteiger partial charge in [0.1, 0.15) is 0 Å². The van der Waals surface area contributed by atoms with Gasteiger partial charge < -0.3 is 22.1 Å². The number of hydrogen-bond acceptors (Lipinski definition) is 8. The molecule has 1 spiro atoms. The van der Waals surface area contributed by atoms with Crippen molar-refractivity contribution < 1.29 is 4.79 Å². The van der Waals surface area contributed by atoms with Crippen LogP contribution in [0.5, 0.6) is 0 Å². The third kappa shape index (κ3) is 5.89. The molecule has 1 amide bonds. The lowest BCUT2D eigenvalue weighted by Gasteiger charge is -2.45. The number of halogens is 1. The van der Waals surface area contributed by atoms with E-state index < -0.39 is 12.1 Å². The van der Waals surface area contributed by atoms with Gasteiger partial charge in [0.15, 0.2) is 0 Å². The summed E-state index contributed by atoms with van der Waals surface area (Å²) in [5, 5.41) is 11.1.